The molecule has 0 radical (unpaired) electrons. The Morgan fingerprint density at radius 3 is 3.36 bits per heavy atom. The third-order valence-electron chi connectivity index (χ3n) is 2.78. The van der Waals surface area contributed by atoms with Gasteiger partial charge < -0.3 is 10.2 Å². The zero-order valence-corrected chi connectivity index (χ0v) is 10.3. The Labute approximate surface area is 101 Å². The van der Waals surface area contributed by atoms with Crippen molar-refractivity contribution < 1.29 is 0 Å². The van der Waals surface area contributed by atoms with Gasteiger partial charge in [0.05, 0.1) is 9.26 Å². The number of fused-ring (bicyclic) bond motifs is 4. The van der Waals surface area contributed by atoms with Crippen LogP contribution in [0.15, 0.2) is 6.07 Å². The first-order valence-corrected chi connectivity index (χ1v) is 6.07. The zero-order valence-electron chi connectivity index (χ0n) is 7.43. The topological polar surface area (TPSA) is 28.2 Å². The van der Waals surface area contributed by atoms with E-state index in [1.54, 1.807) is 0 Å². The quantitative estimate of drug-likeness (QED) is 0.587. The summed E-state index contributed by atoms with van der Waals surface area (Å²) in [6, 6.07) is 2.67. The molecule has 2 bridgehead atoms. The molecule has 3 rings (SSSR count). The maximum absolute atomic E-state index is 5.98. The molecule has 2 aliphatic rings. The standard InChI is InChI=1S/C9H9ClIN3/c10-8-6(11)3-7-9(13-8)12-5-1-2-14(7)4-5/h3,5H,1-2,4H2,(H,12,13). The van der Waals surface area contributed by atoms with Gasteiger partial charge >= 0.3 is 0 Å². The molecular weight excluding hydrogens is 312 g/mol. The Hall–Kier alpha value is -0.230. The lowest BCUT2D eigenvalue weighted by molar-refractivity contribution is 0.788. The fourth-order valence-electron chi connectivity index (χ4n) is 2.09. The summed E-state index contributed by atoms with van der Waals surface area (Å²) in [5.41, 5.74) is 1.20. The lowest BCUT2D eigenvalue weighted by Crippen LogP contribution is -2.32. The van der Waals surface area contributed by atoms with Crippen molar-refractivity contribution >= 4 is 45.7 Å². The van der Waals surface area contributed by atoms with E-state index in [1.807, 2.05) is 0 Å². The van der Waals surface area contributed by atoms with E-state index in [9.17, 15) is 0 Å². The number of nitrogens with zero attached hydrogens (tertiary/aromatic N) is 2. The summed E-state index contributed by atoms with van der Waals surface area (Å²) in [7, 11) is 0. The van der Waals surface area contributed by atoms with Crippen molar-refractivity contribution in [2.75, 3.05) is 23.3 Å². The highest BCUT2D eigenvalue weighted by atomic mass is 127. The molecule has 1 fully saturated rings. The number of halogens is 2. The minimum Gasteiger partial charge on any atom is -0.366 e. The molecule has 1 aromatic heterocycles. The number of hydrogen-bond acceptors (Lipinski definition) is 3. The summed E-state index contributed by atoms with van der Waals surface area (Å²) >= 11 is 8.21. The molecule has 0 amide bonds. The van der Waals surface area contributed by atoms with Crippen LogP contribution in [0.4, 0.5) is 11.5 Å². The average Bonchev–Trinajstić information content (AvgIpc) is 2.54. The van der Waals surface area contributed by atoms with Crippen LogP contribution >= 0.6 is 34.2 Å². The van der Waals surface area contributed by atoms with Gasteiger partial charge in [-0.3, -0.25) is 0 Å². The van der Waals surface area contributed by atoms with E-state index in [0.29, 0.717) is 11.2 Å². The number of hydrogen-bond donors (Lipinski definition) is 1. The van der Waals surface area contributed by atoms with E-state index in [2.05, 4.69) is 43.9 Å². The predicted octanol–water partition coefficient (Wildman–Crippen LogP) is 2.34. The van der Waals surface area contributed by atoms with E-state index < -0.39 is 0 Å². The summed E-state index contributed by atoms with van der Waals surface area (Å²) in [5.74, 6) is 0.948. The van der Waals surface area contributed by atoms with Crippen molar-refractivity contribution in [2.24, 2.45) is 0 Å². The highest BCUT2D eigenvalue weighted by Crippen LogP contribution is 2.36. The van der Waals surface area contributed by atoms with E-state index in [0.717, 1.165) is 22.5 Å². The first-order chi connectivity index (χ1) is 6.74. The first kappa shape index (κ1) is 9.03. The van der Waals surface area contributed by atoms with Gasteiger partial charge in [0, 0.05) is 19.1 Å². The summed E-state index contributed by atoms with van der Waals surface area (Å²) in [5, 5.41) is 4.01. The zero-order chi connectivity index (χ0) is 9.71. The fourth-order valence-corrected chi connectivity index (χ4v) is 2.65. The van der Waals surface area contributed by atoms with Crippen LogP contribution in [-0.2, 0) is 0 Å². The van der Waals surface area contributed by atoms with Gasteiger partial charge in [-0.25, -0.2) is 4.98 Å². The number of anilines is 2. The minimum absolute atomic E-state index is 0.561. The normalized spacial score (nSPS) is 23.3. The fraction of sp³-hybridized carbons (Fsp3) is 0.444. The molecule has 0 aromatic carbocycles. The number of nitrogens with one attached hydrogen (secondary N) is 1. The van der Waals surface area contributed by atoms with Crippen molar-refractivity contribution in [3.05, 3.63) is 14.8 Å². The number of pyridine rings is 1. The number of rotatable bonds is 0. The van der Waals surface area contributed by atoms with Gasteiger partial charge in [0.25, 0.3) is 0 Å². The smallest absolute Gasteiger partial charge is 0.151 e. The second kappa shape index (κ2) is 3.13. The Morgan fingerprint density at radius 2 is 2.50 bits per heavy atom. The lowest BCUT2D eigenvalue weighted by Gasteiger charge is -2.27. The summed E-state index contributed by atoms with van der Waals surface area (Å²) in [4.78, 5) is 6.74. The summed E-state index contributed by atoms with van der Waals surface area (Å²) in [6.45, 7) is 2.23. The molecular formula is C9H9ClIN3. The second-order valence-electron chi connectivity index (χ2n) is 3.70. The summed E-state index contributed by atoms with van der Waals surface area (Å²) < 4.78 is 1.02. The molecule has 1 N–H and O–H groups in total. The SMILES string of the molecule is Clc1nc2c(cc1I)N1CCC(C1)N2. The molecule has 0 saturated carbocycles. The van der Waals surface area contributed by atoms with Gasteiger partial charge in [0.2, 0.25) is 0 Å². The van der Waals surface area contributed by atoms with Gasteiger partial charge in [0.1, 0.15) is 5.15 Å². The molecule has 0 aliphatic carbocycles. The molecule has 74 valence electrons. The number of aromatic nitrogens is 1. The Kier molecular flexibility index (Phi) is 2.02. The van der Waals surface area contributed by atoms with E-state index >= 15 is 0 Å². The van der Waals surface area contributed by atoms with E-state index in [4.69, 9.17) is 11.6 Å². The van der Waals surface area contributed by atoms with Crippen molar-refractivity contribution in [1.29, 1.82) is 0 Å². The van der Waals surface area contributed by atoms with Gasteiger partial charge in [-0.2, -0.15) is 0 Å². The largest absolute Gasteiger partial charge is 0.366 e. The Morgan fingerprint density at radius 1 is 1.64 bits per heavy atom. The second-order valence-corrected chi connectivity index (χ2v) is 5.22. The van der Waals surface area contributed by atoms with E-state index in [1.165, 1.54) is 12.1 Å². The molecule has 1 aromatic rings. The molecule has 3 nitrogen and oxygen atoms in total. The van der Waals surface area contributed by atoms with Crippen molar-refractivity contribution in [3.63, 3.8) is 0 Å². The molecule has 1 atom stereocenters. The van der Waals surface area contributed by atoms with Crippen LogP contribution in [0.3, 0.4) is 0 Å². The van der Waals surface area contributed by atoms with Crippen molar-refractivity contribution in [1.82, 2.24) is 4.98 Å². The first-order valence-electron chi connectivity index (χ1n) is 4.61. The molecule has 5 heteroatoms. The average molecular weight is 322 g/mol. The third-order valence-corrected chi connectivity index (χ3v) is 4.21. The van der Waals surface area contributed by atoms with E-state index in [-0.39, 0.29) is 0 Å². The van der Waals surface area contributed by atoms with Crippen LogP contribution in [-0.4, -0.2) is 24.1 Å². The molecule has 2 aliphatic heterocycles. The monoisotopic (exact) mass is 321 g/mol. The molecule has 3 heterocycles. The predicted molar refractivity (Wildman–Crippen MR) is 66.2 cm³/mol. The highest BCUT2D eigenvalue weighted by Gasteiger charge is 2.31. The van der Waals surface area contributed by atoms with Crippen LogP contribution in [0.25, 0.3) is 0 Å². The lowest BCUT2D eigenvalue weighted by atomic mass is 10.2. The maximum Gasteiger partial charge on any atom is 0.151 e. The van der Waals surface area contributed by atoms with Crippen LogP contribution in [0.1, 0.15) is 6.42 Å². The van der Waals surface area contributed by atoms with Gasteiger partial charge in [-0.05, 0) is 35.1 Å². The van der Waals surface area contributed by atoms with Crippen LogP contribution < -0.4 is 10.2 Å². The van der Waals surface area contributed by atoms with Crippen LogP contribution in [0.2, 0.25) is 5.15 Å². The molecule has 0 spiro atoms. The van der Waals surface area contributed by atoms with Gasteiger partial charge in [0.15, 0.2) is 5.82 Å². The molecule has 1 unspecified atom stereocenters. The maximum atomic E-state index is 5.98. The highest BCUT2D eigenvalue weighted by molar-refractivity contribution is 14.1. The Bertz CT molecular complexity index is 396. The third kappa shape index (κ3) is 1.27. The molecule has 1 saturated heterocycles. The summed E-state index contributed by atoms with van der Waals surface area (Å²) in [6.07, 6.45) is 1.20. The van der Waals surface area contributed by atoms with Crippen molar-refractivity contribution in [3.8, 4) is 0 Å². The molecule has 14 heavy (non-hydrogen) atoms. The Balaban J connectivity index is 2.14. The van der Waals surface area contributed by atoms with Gasteiger partial charge in [-0.1, -0.05) is 11.6 Å². The minimum atomic E-state index is 0.561. The van der Waals surface area contributed by atoms with Crippen molar-refractivity contribution in [2.45, 2.75) is 12.5 Å². The van der Waals surface area contributed by atoms with Crippen LogP contribution in [0.5, 0.6) is 0 Å². The van der Waals surface area contributed by atoms with Crippen LogP contribution in [0, 0.1) is 3.57 Å². The van der Waals surface area contributed by atoms with Gasteiger partial charge in [-0.15, -0.1) is 0 Å².